The number of amides is 1. The molecule has 4 rings (SSSR count). The molecule has 0 N–H and O–H groups in total. The molecule has 0 atom stereocenters. The number of carbonyl (C=O) groups is 1. The van der Waals surface area contributed by atoms with E-state index in [2.05, 4.69) is 11.1 Å². The molecule has 0 aliphatic heterocycles. The molecule has 6 nitrogen and oxygen atoms in total. The highest BCUT2D eigenvalue weighted by Gasteiger charge is 2.21. The Morgan fingerprint density at radius 3 is 2.74 bits per heavy atom. The Kier molecular flexibility index (Phi) is 6.27. The largest absolute Gasteiger partial charge is 0.481 e. The molecule has 0 radical (unpaired) electrons. The predicted octanol–water partition coefficient (Wildman–Crippen LogP) is 4.75. The van der Waals surface area contributed by atoms with E-state index in [0.29, 0.717) is 11.7 Å². The van der Waals surface area contributed by atoms with Crippen LogP contribution in [0.2, 0.25) is 0 Å². The number of hydrogen-bond donors (Lipinski definition) is 0. The summed E-state index contributed by atoms with van der Waals surface area (Å²) in [4.78, 5) is 23.5. The molecule has 2 aromatic carbocycles. The van der Waals surface area contributed by atoms with Crippen molar-refractivity contribution in [1.29, 1.82) is 0 Å². The Bertz CT molecular complexity index is 1150. The van der Waals surface area contributed by atoms with Crippen LogP contribution in [0.5, 0.6) is 5.75 Å². The van der Waals surface area contributed by atoms with E-state index < -0.39 is 5.82 Å². The summed E-state index contributed by atoms with van der Waals surface area (Å²) in [5.41, 5.74) is 3.09. The van der Waals surface area contributed by atoms with Gasteiger partial charge in [0.2, 0.25) is 0 Å². The van der Waals surface area contributed by atoms with Crippen LogP contribution >= 0.6 is 11.3 Å². The second kappa shape index (κ2) is 9.26. The molecule has 0 unspecified atom stereocenters. The van der Waals surface area contributed by atoms with E-state index in [1.807, 2.05) is 30.7 Å². The van der Waals surface area contributed by atoms with Crippen LogP contribution in [0.15, 0.2) is 55.1 Å². The third-order valence-corrected chi connectivity index (χ3v) is 6.22. The average molecular weight is 439 g/mol. The average Bonchev–Trinajstić information content (AvgIpc) is 3.44. The van der Waals surface area contributed by atoms with Crippen LogP contribution in [-0.4, -0.2) is 33.6 Å². The summed E-state index contributed by atoms with van der Waals surface area (Å²) in [6, 6.07) is 10.2. The van der Waals surface area contributed by atoms with Crippen molar-refractivity contribution in [2.24, 2.45) is 0 Å². The van der Waals surface area contributed by atoms with E-state index in [-0.39, 0.29) is 18.3 Å². The van der Waals surface area contributed by atoms with Crippen molar-refractivity contribution in [3.8, 4) is 5.75 Å². The molecule has 0 aliphatic carbocycles. The number of ether oxygens (including phenoxy) is 1. The van der Waals surface area contributed by atoms with E-state index in [1.54, 1.807) is 29.6 Å². The number of imidazole rings is 1. The lowest BCUT2D eigenvalue weighted by Crippen LogP contribution is -2.36. The maximum absolute atomic E-state index is 13.9. The number of thiazole rings is 1. The van der Waals surface area contributed by atoms with Crippen LogP contribution in [0.4, 0.5) is 9.52 Å². The summed E-state index contributed by atoms with van der Waals surface area (Å²) < 4.78 is 22.4. The van der Waals surface area contributed by atoms with Crippen LogP contribution in [0.3, 0.4) is 0 Å². The van der Waals surface area contributed by atoms with Crippen molar-refractivity contribution < 1.29 is 13.9 Å². The van der Waals surface area contributed by atoms with E-state index in [1.165, 1.54) is 23.5 Å². The molecule has 160 valence electrons. The number of para-hydroxylation sites is 1. The van der Waals surface area contributed by atoms with E-state index in [4.69, 9.17) is 9.72 Å². The Morgan fingerprint density at radius 1 is 1.19 bits per heavy atom. The lowest BCUT2D eigenvalue weighted by Gasteiger charge is -2.20. The highest BCUT2D eigenvalue weighted by molar-refractivity contribution is 7.22. The zero-order valence-corrected chi connectivity index (χ0v) is 18.2. The standard InChI is InChI=1S/C23H23FN4O2S/c1-16-8-9-17(2)22-21(16)26-23(31-22)28(12-5-11-27-13-10-25-15-27)20(29)14-30-19-7-4-3-6-18(19)24/h3-4,6-10,13,15H,5,11-12,14H2,1-2H3. The molecule has 2 heterocycles. The van der Waals surface area contributed by atoms with Crippen LogP contribution in [0.25, 0.3) is 10.2 Å². The van der Waals surface area contributed by atoms with Gasteiger partial charge in [-0.2, -0.15) is 0 Å². The molecular formula is C23H23FN4O2S. The van der Waals surface area contributed by atoms with Gasteiger partial charge < -0.3 is 9.30 Å². The van der Waals surface area contributed by atoms with Crippen LogP contribution in [0.1, 0.15) is 17.5 Å². The van der Waals surface area contributed by atoms with Crippen molar-refractivity contribution in [2.45, 2.75) is 26.8 Å². The second-order valence-electron chi connectivity index (χ2n) is 7.29. The number of aryl methyl sites for hydroxylation is 3. The smallest absolute Gasteiger partial charge is 0.266 e. The molecule has 4 aromatic rings. The zero-order valence-electron chi connectivity index (χ0n) is 17.4. The highest BCUT2D eigenvalue weighted by Crippen LogP contribution is 2.33. The van der Waals surface area contributed by atoms with Gasteiger partial charge in [-0.25, -0.2) is 14.4 Å². The molecule has 0 saturated heterocycles. The number of rotatable bonds is 8. The van der Waals surface area contributed by atoms with Crippen molar-refractivity contribution in [3.63, 3.8) is 0 Å². The lowest BCUT2D eigenvalue weighted by atomic mass is 10.1. The van der Waals surface area contributed by atoms with Gasteiger partial charge in [-0.1, -0.05) is 35.6 Å². The number of hydrogen-bond acceptors (Lipinski definition) is 5. The quantitative estimate of drug-likeness (QED) is 0.398. The van der Waals surface area contributed by atoms with Crippen molar-refractivity contribution in [3.05, 3.63) is 72.1 Å². The van der Waals surface area contributed by atoms with Crippen LogP contribution in [-0.2, 0) is 11.3 Å². The zero-order chi connectivity index (χ0) is 21.8. The molecule has 1 amide bonds. The molecule has 0 fully saturated rings. The molecule has 2 aromatic heterocycles. The van der Waals surface area contributed by atoms with Crippen LogP contribution < -0.4 is 9.64 Å². The summed E-state index contributed by atoms with van der Waals surface area (Å²) in [5.74, 6) is -0.693. The molecule has 0 spiro atoms. The van der Waals surface area contributed by atoms with E-state index >= 15 is 0 Å². The Hall–Kier alpha value is -3.26. The number of halogens is 1. The SMILES string of the molecule is Cc1ccc(C)c2sc(N(CCCn3ccnc3)C(=O)COc3ccccc3F)nc12. The maximum Gasteiger partial charge on any atom is 0.266 e. The van der Waals surface area contributed by atoms with Gasteiger partial charge in [-0.05, 0) is 43.5 Å². The fraction of sp³-hybridized carbons (Fsp3) is 0.261. The number of nitrogens with zero attached hydrogens (tertiary/aromatic N) is 4. The van der Waals surface area contributed by atoms with E-state index in [9.17, 15) is 9.18 Å². The van der Waals surface area contributed by atoms with Crippen molar-refractivity contribution in [2.75, 3.05) is 18.1 Å². The minimum Gasteiger partial charge on any atom is -0.481 e. The fourth-order valence-electron chi connectivity index (χ4n) is 3.30. The van der Waals surface area contributed by atoms with Gasteiger partial charge in [0.15, 0.2) is 23.3 Å². The third kappa shape index (κ3) is 4.74. The topological polar surface area (TPSA) is 60.2 Å². The molecule has 0 aliphatic rings. The molecule has 8 heteroatoms. The minimum atomic E-state index is -0.492. The number of carbonyl (C=O) groups excluding carboxylic acids is 1. The summed E-state index contributed by atoms with van der Waals surface area (Å²) >= 11 is 1.49. The maximum atomic E-state index is 13.9. The number of fused-ring (bicyclic) bond motifs is 1. The number of anilines is 1. The fourth-order valence-corrected chi connectivity index (χ4v) is 4.46. The molecular weight excluding hydrogens is 415 g/mol. The first-order valence-electron chi connectivity index (χ1n) is 10.0. The van der Waals surface area contributed by atoms with Gasteiger partial charge in [-0.15, -0.1) is 0 Å². The van der Waals surface area contributed by atoms with Crippen molar-refractivity contribution in [1.82, 2.24) is 14.5 Å². The summed E-state index contributed by atoms with van der Waals surface area (Å²) in [6.07, 6.45) is 6.08. The summed E-state index contributed by atoms with van der Waals surface area (Å²) in [5, 5.41) is 0.625. The van der Waals surface area contributed by atoms with Crippen LogP contribution in [0, 0.1) is 19.7 Å². The second-order valence-corrected chi connectivity index (χ2v) is 8.27. The predicted molar refractivity (Wildman–Crippen MR) is 120 cm³/mol. The van der Waals surface area contributed by atoms with Gasteiger partial charge in [0.1, 0.15) is 0 Å². The van der Waals surface area contributed by atoms with Gasteiger partial charge in [-0.3, -0.25) is 9.69 Å². The molecule has 0 bridgehead atoms. The van der Waals surface area contributed by atoms with Gasteiger partial charge >= 0.3 is 0 Å². The first-order valence-corrected chi connectivity index (χ1v) is 10.8. The summed E-state index contributed by atoms with van der Waals surface area (Å²) in [6.45, 7) is 4.98. The number of aromatic nitrogens is 3. The highest BCUT2D eigenvalue weighted by atomic mass is 32.1. The van der Waals surface area contributed by atoms with E-state index in [0.717, 1.165) is 34.3 Å². The Balaban J connectivity index is 1.56. The van der Waals surface area contributed by atoms with Gasteiger partial charge in [0, 0.05) is 25.5 Å². The lowest BCUT2D eigenvalue weighted by molar-refractivity contribution is -0.120. The molecule has 31 heavy (non-hydrogen) atoms. The van der Waals surface area contributed by atoms with Gasteiger partial charge in [0.25, 0.3) is 5.91 Å². The summed E-state index contributed by atoms with van der Waals surface area (Å²) in [7, 11) is 0. The first-order chi connectivity index (χ1) is 15.0. The first kappa shape index (κ1) is 21.0. The molecule has 0 saturated carbocycles. The Labute approximate surface area is 183 Å². The van der Waals surface area contributed by atoms with Gasteiger partial charge in [0.05, 0.1) is 16.5 Å². The minimum absolute atomic E-state index is 0.0604. The normalized spacial score (nSPS) is 11.1. The number of benzene rings is 2. The Morgan fingerprint density at radius 2 is 2.00 bits per heavy atom. The monoisotopic (exact) mass is 438 g/mol. The van der Waals surface area contributed by atoms with Crippen molar-refractivity contribution >= 4 is 32.6 Å². The third-order valence-electron chi connectivity index (χ3n) is 5.01.